The van der Waals surface area contributed by atoms with Crippen LogP contribution in [0.5, 0.6) is 0 Å². The lowest BCUT2D eigenvalue weighted by atomic mass is 9.88. The molecule has 11 rings (SSSR count). The van der Waals surface area contributed by atoms with Gasteiger partial charge in [-0.1, -0.05) is 158 Å². The molecule has 54 heavy (non-hydrogen) atoms. The van der Waals surface area contributed by atoms with Crippen LogP contribution in [0.4, 0.5) is 0 Å². The molecule has 0 N–H and O–H groups in total. The summed E-state index contributed by atoms with van der Waals surface area (Å²) < 4.78 is 5.03. The monoisotopic (exact) mass is 722 g/mol. The summed E-state index contributed by atoms with van der Waals surface area (Å²) in [5.41, 5.74) is 9.71. The highest BCUT2D eigenvalue weighted by atomic mass is 32.1. The smallest absolute Gasteiger partial charge is 0.161 e. The van der Waals surface area contributed by atoms with Gasteiger partial charge in [0.2, 0.25) is 0 Å². The molecule has 0 spiro atoms. The fraction of sp³-hybridized carbons (Fsp3) is 0. The van der Waals surface area contributed by atoms with Crippen molar-refractivity contribution in [3.8, 4) is 56.2 Å². The highest BCUT2D eigenvalue weighted by Crippen LogP contribution is 2.46. The number of fused-ring (bicyclic) bond motifs is 7. The van der Waals surface area contributed by atoms with Crippen LogP contribution in [0.3, 0.4) is 0 Å². The van der Waals surface area contributed by atoms with Crippen molar-refractivity contribution in [1.29, 1.82) is 0 Å². The molecule has 0 fully saturated rings. The van der Waals surface area contributed by atoms with Crippen LogP contribution in [-0.4, -0.2) is 9.97 Å². The third-order valence-corrected chi connectivity index (χ3v) is 13.0. The molecule has 8 aromatic carbocycles. The Balaban J connectivity index is 1.26. The Bertz CT molecular complexity index is 3080. The van der Waals surface area contributed by atoms with E-state index in [2.05, 4.69) is 182 Å². The maximum atomic E-state index is 5.58. The Morgan fingerprint density at radius 1 is 0.315 bits per heavy atom. The zero-order chi connectivity index (χ0) is 35.6. The summed E-state index contributed by atoms with van der Waals surface area (Å²) in [4.78, 5) is 11.2. The van der Waals surface area contributed by atoms with Crippen LogP contribution in [0.2, 0.25) is 0 Å². The van der Waals surface area contributed by atoms with Gasteiger partial charge >= 0.3 is 0 Å². The molecule has 0 saturated carbocycles. The second-order valence-corrected chi connectivity index (χ2v) is 15.8. The second-order valence-electron chi connectivity index (χ2n) is 13.6. The van der Waals surface area contributed by atoms with Gasteiger partial charge in [0.05, 0.1) is 11.4 Å². The molecule has 0 aliphatic carbocycles. The minimum absolute atomic E-state index is 0.716. The summed E-state index contributed by atoms with van der Waals surface area (Å²) in [6.07, 6.45) is 0. The maximum Gasteiger partial charge on any atom is 0.161 e. The van der Waals surface area contributed by atoms with Crippen molar-refractivity contribution in [3.05, 3.63) is 182 Å². The Labute approximate surface area is 320 Å². The predicted octanol–water partition coefficient (Wildman–Crippen LogP) is 14.7. The molecule has 0 atom stereocenters. The van der Waals surface area contributed by atoms with E-state index in [1.165, 1.54) is 56.9 Å². The molecule has 2 nitrogen and oxygen atoms in total. The first-order valence-electron chi connectivity index (χ1n) is 18.2. The lowest BCUT2D eigenvalue weighted by Crippen LogP contribution is -1.99. The molecule has 0 aliphatic heterocycles. The van der Waals surface area contributed by atoms with Crippen molar-refractivity contribution in [2.45, 2.75) is 0 Å². The van der Waals surface area contributed by atoms with E-state index in [0.29, 0.717) is 5.82 Å². The normalized spacial score (nSPS) is 11.7. The molecule has 252 valence electrons. The molecule has 3 heterocycles. The van der Waals surface area contributed by atoms with Crippen molar-refractivity contribution >= 4 is 73.8 Å². The molecule has 0 amide bonds. The van der Waals surface area contributed by atoms with E-state index < -0.39 is 0 Å². The summed E-state index contributed by atoms with van der Waals surface area (Å²) >= 11 is 3.67. The van der Waals surface area contributed by atoms with Crippen LogP contribution in [0.15, 0.2) is 182 Å². The average molecular weight is 723 g/mol. The molecule has 0 aliphatic rings. The first kappa shape index (κ1) is 31.1. The van der Waals surface area contributed by atoms with E-state index >= 15 is 0 Å². The SMILES string of the molecule is c1ccc(-c2cc(-c3ccccc3)c3ccccc3c2-c2nc(-c3cccc4c3sc3ccccc34)cc(-c3cccc4c3sc3ccccc34)n2)cc1. The fourth-order valence-electron chi connectivity index (χ4n) is 8.05. The number of thiophene rings is 2. The summed E-state index contributed by atoms with van der Waals surface area (Å²) in [5, 5.41) is 7.36. The topological polar surface area (TPSA) is 25.8 Å². The standard InChI is InChI=1S/C50H30N2S2/c1-3-15-31(16-4-1)41-29-42(32-17-5-2-6-18-32)47(36-22-8-7-19-33(36)41)50-51-43(39-25-13-23-37-34-20-9-11-27-45(34)53-48(37)39)30-44(52-50)40-26-14-24-38-35-21-10-12-28-46(35)54-49(38)40/h1-30H. The van der Waals surface area contributed by atoms with Crippen LogP contribution in [0.1, 0.15) is 0 Å². The predicted molar refractivity (Wildman–Crippen MR) is 232 cm³/mol. The van der Waals surface area contributed by atoms with Gasteiger partial charge in [-0.15, -0.1) is 22.7 Å². The van der Waals surface area contributed by atoms with Crippen molar-refractivity contribution in [2.75, 3.05) is 0 Å². The average Bonchev–Trinajstić information content (AvgIpc) is 3.82. The quantitative estimate of drug-likeness (QED) is 0.177. The Morgan fingerprint density at radius 3 is 1.31 bits per heavy atom. The lowest BCUT2D eigenvalue weighted by molar-refractivity contribution is 1.19. The lowest BCUT2D eigenvalue weighted by Gasteiger charge is -2.18. The van der Waals surface area contributed by atoms with Gasteiger partial charge in [-0.25, -0.2) is 9.97 Å². The van der Waals surface area contributed by atoms with E-state index in [0.717, 1.165) is 44.6 Å². The van der Waals surface area contributed by atoms with E-state index in [-0.39, 0.29) is 0 Å². The van der Waals surface area contributed by atoms with Crippen molar-refractivity contribution in [2.24, 2.45) is 0 Å². The number of rotatable bonds is 5. The molecule has 0 unspecified atom stereocenters. The van der Waals surface area contributed by atoms with Gasteiger partial charge in [0.15, 0.2) is 5.82 Å². The van der Waals surface area contributed by atoms with Crippen LogP contribution < -0.4 is 0 Å². The van der Waals surface area contributed by atoms with Gasteiger partial charge in [0, 0.05) is 57.0 Å². The zero-order valence-electron chi connectivity index (χ0n) is 29.0. The maximum absolute atomic E-state index is 5.58. The summed E-state index contributed by atoms with van der Waals surface area (Å²) in [6.45, 7) is 0. The van der Waals surface area contributed by atoms with Crippen molar-refractivity contribution < 1.29 is 0 Å². The third kappa shape index (κ3) is 4.99. The Kier molecular flexibility index (Phi) is 7.25. The molecular formula is C50H30N2S2. The van der Waals surface area contributed by atoms with Crippen LogP contribution >= 0.6 is 22.7 Å². The number of hydrogen-bond donors (Lipinski definition) is 0. The molecule has 0 bridgehead atoms. The molecular weight excluding hydrogens is 693 g/mol. The largest absolute Gasteiger partial charge is 0.228 e. The summed E-state index contributed by atoms with van der Waals surface area (Å²) in [6, 6.07) is 65.4. The number of hydrogen-bond acceptors (Lipinski definition) is 4. The first-order valence-corrected chi connectivity index (χ1v) is 19.8. The molecule has 4 heteroatoms. The van der Waals surface area contributed by atoms with Gasteiger partial charge in [0.1, 0.15) is 0 Å². The summed E-state index contributed by atoms with van der Waals surface area (Å²) in [5.74, 6) is 0.716. The molecule has 0 saturated heterocycles. The van der Waals surface area contributed by atoms with Crippen molar-refractivity contribution in [3.63, 3.8) is 0 Å². The fourth-order valence-corrected chi connectivity index (χ4v) is 10.5. The minimum Gasteiger partial charge on any atom is -0.228 e. The number of nitrogens with zero attached hydrogens (tertiary/aromatic N) is 2. The highest BCUT2D eigenvalue weighted by Gasteiger charge is 2.22. The van der Waals surface area contributed by atoms with Gasteiger partial charge in [-0.2, -0.15) is 0 Å². The van der Waals surface area contributed by atoms with E-state index in [4.69, 9.17) is 9.97 Å². The third-order valence-electron chi connectivity index (χ3n) is 10.5. The second kappa shape index (κ2) is 12.6. The Hall–Kier alpha value is -6.46. The Morgan fingerprint density at radius 2 is 0.759 bits per heavy atom. The van der Waals surface area contributed by atoms with Crippen LogP contribution in [0, 0.1) is 0 Å². The highest BCUT2D eigenvalue weighted by molar-refractivity contribution is 7.26. The number of benzene rings is 8. The van der Waals surface area contributed by atoms with E-state index in [1.54, 1.807) is 0 Å². The van der Waals surface area contributed by atoms with Crippen LogP contribution in [0.25, 0.3) is 107 Å². The molecule has 0 radical (unpaired) electrons. The molecule has 3 aromatic heterocycles. The van der Waals surface area contributed by atoms with Gasteiger partial charge in [-0.3, -0.25) is 0 Å². The van der Waals surface area contributed by atoms with Gasteiger partial charge < -0.3 is 0 Å². The molecule has 11 aromatic rings. The number of aromatic nitrogens is 2. The zero-order valence-corrected chi connectivity index (χ0v) is 30.7. The van der Waals surface area contributed by atoms with Crippen LogP contribution in [-0.2, 0) is 0 Å². The minimum atomic E-state index is 0.716. The van der Waals surface area contributed by atoms with E-state index in [9.17, 15) is 0 Å². The summed E-state index contributed by atoms with van der Waals surface area (Å²) in [7, 11) is 0. The van der Waals surface area contributed by atoms with Gasteiger partial charge in [0.25, 0.3) is 0 Å². The van der Waals surface area contributed by atoms with Gasteiger partial charge in [-0.05, 0) is 57.3 Å². The van der Waals surface area contributed by atoms with Crippen molar-refractivity contribution in [1.82, 2.24) is 9.97 Å². The first-order chi connectivity index (χ1) is 26.8. The van der Waals surface area contributed by atoms with E-state index in [1.807, 2.05) is 22.7 Å².